The Morgan fingerprint density at radius 3 is 1.81 bits per heavy atom. The Kier molecular flexibility index (Phi) is 10.1. The van der Waals surface area contributed by atoms with Crippen molar-refractivity contribution in [2.75, 3.05) is 19.4 Å². The molecule has 0 aliphatic heterocycles. The van der Waals surface area contributed by atoms with Gasteiger partial charge in [-0.1, -0.05) is 91.0 Å². The molecule has 0 aliphatic carbocycles. The minimum Gasteiger partial charge on any atom is -0.381 e. The Hall–Kier alpha value is -3.78. The van der Waals surface area contributed by atoms with Gasteiger partial charge in [-0.25, -0.2) is 13.6 Å². The standard InChI is InChI=1S/C23H27N3O2S.C7H6O/c1-26(2)17-20-14-22(25-16-19-11-7-4-8-12-19)21(23(15-20)29(24,27)28)13-18-9-5-3-6-10-18;8-6-7-4-2-1-3-5-7/h3-12,14-15,25H,13,16-17H2,1-2H3,(H2,24,27,28);1-6H. The second-order valence-electron chi connectivity index (χ2n) is 8.93. The van der Waals surface area contributed by atoms with Gasteiger partial charge in [0.15, 0.2) is 0 Å². The normalized spacial score (nSPS) is 10.9. The first kappa shape index (κ1) is 27.8. The Morgan fingerprint density at radius 1 is 0.784 bits per heavy atom. The smallest absolute Gasteiger partial charge is 0.238 e. The molecule has 4 rings (SSSR count). The molecule has 0 fully saturated rings. The molecule has 0 saturated carbocycles. The topological polar surface area (TPSA) is 92.5 Å². The Morgan fingerprint density at radius 2 is 1.32 bits per heavy atom. The third-order valence-corrected chi connectivity index (χ3v) is 6.54. The molecule has 7 heteroatoms. The molecule has 4 aromatic rings. The number of primary sulfonamides is 1. The van der Waals surface area contributed by atoms with Crippen LogP contribution in [-0.4, -0.2) is 33.7 Å². The highest BCUT2D eigenvalue weighted by Gasteiger charge is 2.20. The van der Waals surface area contributed by atoms with Crippen LogP contribution in [0.3, 0.4) is 0 Å². The van der Waals surface area contributed by atoms with Crippen LogP contribution < -0.4 is 10.5 Å². The van der Waals surface area contributed by atoms with Gasteiger partial charge in [-0.3, -0.25) is 4.79 Å². The number of benzene rings is 4. The number of hydrogen-bond donors (Lipinski definition) is 2. The van der Waals surface area contributed by atoms with E-state index >= 15 is 0 Å². The average Bonchev–Trinajstić information content (AvgIpc) is 2.89. The zero-order valence-electron chi connectivity index (χ0n) is 21.2. The summed E-state index contributed by atoms with van der Waals surface area (Å²) in [5.41, 5.74) is 5.26. The largest absolute Gasteiger partial charge is 0.381 e. The summed E-state index contributed by atoms with van der Waals surface area (Å²) < 4.78 is 24.9. The van der Waals surface area contributed by atoms with Gasteiger partial charge in [0.05, 0.1) is 4.90 Å². The van der Waals surface area contributed by atoms with E-state index in [0.717, 1.165) is 34.2 Å². The van der Waals surface area contributed by atoms with Crippen molar-refractivity contribution in [1.29, 1.82) is 0 Å². The monoisotopic (exact) mass is 515 g/mol. The predicted molar refractivity (Wildman–Crippen MR) is 150 cm³/mol. The molecule has 0 atom stereocenters. The van der Waals surface area contributed by atoms with E-state index < -0.39 is 10.0 Å². The first-order valence-corrected chi connectivity index (χ1v) is 13.5. The van der Waals surface area contributed by atoms with Gasteiger partial charge in [0.2, 0.25) is 10.0 Å². The summed E-state index contributed by atoms with van der Waals surface area (Å²) >= 11 is 0. The summed E-state index contributed by atoms with van der Waals surface area (Å²) in [6, 6.07) is 32.6. The van der Waals surface area contributed by atoms with Crippen molar-refractivity contribution in [3.63, 3.8) is 0 Å². The second-order valence-corrected chi connectivity index (χ2v) is 10.5. The van der Waals surface area contributed by atoms with E-state index in [1.54, 1.807) is 18.2 Å². The highest BCUT2D eigenvalue weighted by Crippen LogP contribution is 2.29. The highest BCUT2D eigenvalue weighted by atomic mass is 32.2. The van der Waals surface area contributed by atoms with Crippen LogP contribution >= 0.6 is 0 Å². The van der Waals surface area contributed by atoms with Gasteiger partial charge in [-0.15, -0.1) is 0 Å². The molecule has 0 unspecified atom stereocenters. The fourth-order valence-electron chi connectivity index (χ4n) is 3.88. The fourth-order valence-corrected chi connectivity index (χ4v) is 4.72. The lowest BCUT2D eigenvalue weighted by atomic mass is 10.0. The number of carbonyl (C=O) groups excluding carboxylic acids is 1. The van der Waals surface area contributed by atoms with Gasteiger partial charge in [0.1, 0.15) is 6.29 Å². The van der Waals surface area contributed by atoms with Crippen LogP contribution in [-0.2, 0) is 29.5 Å². The minimum absolute atomic E-state index is 0.177. The van der Waals surface area contributed by atoms with Crippen molar-refractivity contribution < 1.29 is 13.2 Å². The Balaban J connectivity index is 0.000000405. The van der Waals surface area contributed by atoms with E-state index in [9.17, 15) is 13.2 Å². The van der Waals surface area contributed by atoms with Crippen molar-refractivity contribution in [3.8, 4) is 0 Å². The molecule has 3 N–H and O–H groups in total. The number of sulfonamides is 1. The van der Waals surface area contributed by atoms with Crippen LogP contribution in [0.25, 0.3) is 0 Å². The molecule has 192 valence electrons. The summed E-state index contributed by atoms with van der Waals surface area (Å²) in [5.74, 6) is 0. The van der Waals surface area contributed by atoms with Crippen LogP contribution in [0.1, 0.15) is 32.6 Å². The van der Waals surface area contributed by atoms with Crippen molar-refractivity contribution >= 4 is 22.0 Å². The van der Waals surface area contributed by atoms with Crippen LogP contribution in [0.4, 0.5) is 5.69 Å². The van der Waals surface area contributed by atoms with Crippen molar-refractivity contribution in [1.82, 2.24) is 4.90 Å². The molecule has 6 nitrogen and oxygen atoms in total. The van der Waals surface area contributed by atoms with Gasteiger partial charge >= 0.3 is 0 Å². The number of carbonyl (C=O) groups is 1. The van der Waals surface area contributed by atoms with Crippen molar-refractivity contribution in [2.24, 2.45) is 5.14 Å². The van der Waals surface area contributed by atoms with Gasteiger partial charge < -0.3 is 10.2 Å². The maximum atomic E-state index is 12.4. The molecule has 0 saturated heterocycles. The zero-order chi connectivity index (χ0) is 26.7. The van der Waals surface area contributed by atoms with Crippen LogP contribution in [0.15, 0.2) is 108 Å². The van der Waals surface area contributed by atoms with E-state index in [4.69, 9.17) is 5.14 Å². The summed E-state index contributed by atoms with van der Waals surface area (Å²) in [6.45, 7) is 1.21. The molecule has 0 aliphatic rings. The van der Waals surface area contributed by atoms with E-state index in [2.05, 4.69) is 5.32 Å². The first-order valence-electron chi connectivity index (χ1n) is 11.9. The van der Waals surface area contributed by atoms with Gasteiger partial charge in [0.25, 0.3) is 0 Å². The third kappa shape index (κ3) is 8.99. The Labute approximate surface area is 219 Å². The molecular weight excluding hydrogens is 482 g/mol. The molecule has 4 aromatic carbocycles. The molecule has 0 spiro atoms. The Bertz CT molecular complexity index is 1380. The minimum atomic E-state index is -3.88. The molecule has 37 heavy (non-hydrogen) atoms. The number of hydrogen-bond acceptors (Lipinski definition) is 5. The molecule has 0 amide bonds. The summed E-state index contributed by atoms with van der Waals surface area (Å²) in [5, 5.41) is 9.06. The van der Waals surface area contributed by atoms with E-state index in [1.165, 1.54) is 0 Å². The number of nitrogens with zero attached hydrogens (tertiary/aromatic N) is 1. The molecule has 0 aromatic heterocycles. The number of anilines is 1. The van der Waals surface area contributed by atoms with Crippen molar-refractivity contribution in [2.45, 2.75) is 24.4 Å². The maximum Gasteiger partial charge on any atom is 0.238 e. The third-order valence-electron chi connectivity index (χ3n) is 5.56. The second kappa shape index (κ2) is 13.5. The summed E-state index contributed by atoms with van der Waals surface area (Å²) in [6.07, 6.45) is 1.31. The zero-order valence-corrected chi connectivity index (χ0v) is 22.0. The van der Waals surface area contributed by atoms with Crippen molar-refractivity contribution in [3.05, 3.63) is 131 Å². The van der Waals surface area contributed by atoms with Gasteiger partial charge in [-0.05, 0) is 48.5 Å². The molecule has 0 bridgehead atoms. The number of aldehydes is 1. The number of nitrogens with two attached hydrogens (primary N) is 1. The fraction of sp³-hybridized carbons (Fsp3) is 0.167. The lowest BCUT2D eigenvalue weighted by Gasteiger charge is -2.19. The quantitative estimate of drug-likeness (QED) is 0.303. The van der Waals surface area contributed by atoms with Gasteiger partial charge in [-0.2, -0.15) is 0 Å². The lowest BCUT2D eigenvalue weighted by Crippen LogP contribution is -2.18. The highest BCUT2D eigenvalue weighted by molar-refractivity contribution is 7.89. The summed E-state index contributed by atoms with van der Waals surface area (Å²) in [4.78, 5) is 12.2. The first-order chi connectivity index (χ1) is 17.8. The molecule has 0 radical (unpaired) electrons. The van der Waals surface area contributed by atoms with Crippen LogP contribution in [0.2, 0.25) is 0 Å². The number of nitrogens with one attached hydrogen (secondary N) is 1. The average molecular weight is 516 g/mol. The van der Waals surface area contributed by atoms with E-state index in [-0.39, 0.29) is 4.90 Å². The predicted octanol–water partition coefficient (Wildman–Crippen LogP) is 5.10. The van der Waals surface area contributed by atoms with Crippen LogP contribution in [0.5, 0.6) is 0 Å². The van der Waals surface area contributed by atoms with Crippen LogP contribution in [0, 0.1) is 0 Å². The van der Waals surface area contributed by atoms with Gasteiger partial charge in [0, 0.05) is 30.8 Å². The summed E-state index contributed by atoms with van der Waals surface area (Å²) in [7, 11) is 0.0241. The maximum absolute atomic E-state index is 12.4. The lowest BCUT2D eigenvalue weighted by molar-refractivity contribution is 0.112. The molecular formula is C30H33N3O3S. The SMILES string of the molecule is CN(C)Cc1cc(NCc2ccccc2)c(Cc2ccccc2)c(S(N)(=O)=O)c1.O=Cc1ccccc1. The van der Waals surface area contributed by atoms with E-state index in [0.29, 0.717) is 25.1 Å². The number of rotatable bonds is 9. The molecule has 0 heterocycles. The van der Waals surface area contributed by atoms with E-state index in [1.807, 2.05) is 104 Å².